The average molecular weight is 626 g/mol. The Kier molecular flexibility index (Phi) is 10.2. The molecule has 0 radical (unpaired) electrons. The number of carboxylic acids is 1. The maximum Gasteiger partial charge on any atom is 0.306 e. The summed E-state index contributed by atoms with van der Waals surface area (Å²) in [7, 11) is 1.84. The Bertz CT molecular complexity index is 1550. The first kappa shape index (κ1) is 31.8. The number of halogens is 2. The maximum absolute atomic E-state index is 15.3. The lowest BCUT2D eigenvalue weighted by atomic mass is 9.87. The van der Waals surface area contributed by atoms with Crippen LogP contribution >= 0.6 is 11.6 Å². The molecule has 1 aliphatic carbocycles. The average Bonchev–Trinajstić information content (AvgIpc) is 3.63. The van der Waals surface area contributed by atoms with E-state index in [1.54, 1.807) is 12.3 Å². The number of carbonyl (C=O) groups is 3. The van der Waals surface area contributed by atoms with Crippen molar-refractivity contribution in [3.05, 3.63) is 77.2 Å². The van der Waals surface area contributed by atoms with Crippen LogP contribution in [0.4, 0.5) is 10.1 Å². The van der Waals surface area contributed by atoms with Crippen LogP contribution in [-0.4, -0.2) is 63.9 Å². The first-order chi connectivity index (χ1) is 21.2. The lowest BCUT2D eigenvalue weighted by Crippen LogP contribution is -2.48. The number of anilines is 1. The van der Waals surface area contributed by atoms with Gasteiger partial charge in [0.1, 0.15) is 5.82 Å². The van der Waals surface area contributed by atoms with Gasteiger partial charge in [-0.3, -0.25) is 14.4 Å². The van der Waals surface area contributed by atoms with Gasteiger partial charge in [-0.15, -0.1) is 6.58 Å². The number of benzene rings is 2. The molecule has 11 heteroatoms. The first-order valence-electron chi connectivity index (χ1n) is 14.9. The highest BCUT2D eigenvalue weighted by Gasteiger charge is 2.38. The molecule has 1 aromatic heterocycles. The van der Waals surface area contributed by atoms with E-state index in [-0.39, 0.29) is 47.1 Å². The number of para-hydroxylation sites is 1. The zero-order valence-electron chi connectivity index (χ0n) is 24.6. The van der Waals surface area contributed by atoms with E-state index in [2.05, 4.69) is 11.9 Å². The van der Waals surface area contributed by atoms with Crippen molar-refractivity contribution in [3.63, 3.8) is 0 Å². The summed E-state index contributed by atoms with van der Waals surface area (Å²) in [6, 6.07) is 9.46. The first-order valence-corrected chi connectivity index (χ1v) is 15.3. The molecule has 2 aromatic carbocycles. The van der Waals surface area contributed by atoms with Gasteiger partial charge in [0.15, 0.2) is 5.78 Å². The van der Waals surface area contributed by atoms with Crippen molar-refractivity contribution in [3.8, 4) is 0 Å². The van der Waals surface area contributed by atoms with Crippen LogP contribution < -0.4 is 5.32 Å². The number of fused-ring (bicyclic) bond motifs is 1. The SMILES string of the molecule is C=CCO[C@@H](OC1CCC(C(=O)O)CC1)N1CCC[C@H]1C(=O)Cc1cc(Cl)c(NC(=O)c2cn(C)c3ccccc23)cc1F. The summed E-state index contributed by atoms with van der Waals surface area (Å²) in [5, 5.41) is 12.9. The number of aliphatic carboxylic acids is 1. The summed E-state index contributed by atoms with van der Waals surface area (Å²) in [4.78, 5) is 39.8. The van der Waals surface area contributed by atoms with Crippen molar-refractivity contribution in [2.24, 2.45) is 13.0 Å². The van der Waals surface area contributed by atoms with Crippen molar-refractivity contribution in [1.82, 2.24) is 9.47 Å². The van der Waals surface area contributed by atoms with Crippen LogP contribution in [0.5, 0.6) is 0 Å². The Balaban J connectivity index is 1.26. The fourth-order valence-electron chi connectivity index (χ4n) is 6.20. The number of rotatable bonds is 12. The second-order valence-corrected chi connectivity index (χ2v) is 11.9. The monoisotopic (exact) mass is 625 g/mol. The van der Waals surface area contributed by atoms with Gasteiger partial charge in [-0.25, -0.2) is 9.29 Å². The number of carbonyl (C=O) groups excluding carboxylic acids is 2. The second kappa shape index (κ2) is 14.0. The molecule has 1 saturated carbocycles. The van der Waals surface area contributed by atoms with Crippen LogP contribution in [0.15, 0.2) is 55.3 Å². The maximum atomic E-state index is 15.3. The summed E-state index contributed by atoms with van der Waals surface area (Å²) in [6.07, 6.45) is 5.64. The Hall–Kier alpha value is -3.57. The third-order valence-electron chi connectivity index (χ3n) is 8.52. The predicted molar refractivity (Wildman–Crippen MR) is 165 cm³/mol. The van der Waals surface area contributed by atoms with Crippen molar-refractivity contribution in [1.29, 1.82) is 0 Å². The number of carboxylic acid groups (broad SMARTS) is 1. The van der Waals surface area contributed by atoms with Gasteiger partial charge in [0, 0.05) is 37.1 Å². The van der Waals surface area contributed by atoms with Crippen LogP contribution in [0.1, 0.15) is 54.4 Å². The number of aryl methyl sites for hydroxylation is 1. The Morgan fingerprint density at radius 3 is 2.66 bits per heavy atom. The third kappa shape index (κ3) is 7.04. The van der Waals surface area contributed by atoms with E-state index in [9.17, 15) is 19.5 Å². The highest BCUT2D eigenvalue weighted by molar-refractivity contribution is 6.34. The molecule has 0 unspecified atom stereocenters. The molecule has 0 bridgehead atoms. The van der Waals surface area contributed by atoms with Gasteiger partial charge in [0.05, 0.1) is 40.9 Å². The number of ketones is 1. The Morgan fingerprint density at radius 1 is 1.18 bits per heavy atom. The molecule has 2 aliphatic rings. The van der Waals surface area contributed by atoms with E-state index in [0.717, 1.165) is 23.4 Å². The molecule has 9 nitrogen and oxygen atoms in total. The number of nitrogens with zero attached hydrogens (tertiary/aromatic N) is 2. The standard InChI is InChI=1S/C33H37ClFN3O6/c1-3-15-43-33(44-22-12-10-20(11-13-22)32(41)42)38-14-6-9-29(38)30(39)17-21-16-25(34)27(18-26(21)35)36-31(40)24-19-37(2)28-8-5-4-7-23(24)28/h3-5,7-8,16,18-20,22,29,33H,1,6,9-15,17H2,2H3,(H,36,40)(H,41,42)/t20?,22?,29-,33-/m0/s1. The van der Waals surface area contributed by atoms with E-state index in [1.165, 1.54) is 6.07 Å². The summed E-state index contributed by atoms with van der Waals surface area (Å²) >= 11 is 6.48. The fourth-order valence-corrected chi connectivity index (χ4v) is 6.43. The molecule has 2 fully saturated rings. The van der Waals surface area contributed by atoms with Gasteiger partial charge >= 0.3 is 5.97 Å². The van der Waals surface area contributed by atoms with Crippen molar-refractivity contribution >= 4 is 45.9 Å². The summed E-state index contributed by atoms with van der Waals surface area (Å²) in [5.74, 6) is -2.43. The molecule has 2 N–H and O–H groups in total. The summed E-state index contributed by atoms with van der Waals surface area (Å²) in [6.45, 7) is 4.48. The van der Waals surface area contributed by atoms with Crippen LogP contribution in [0.2, 0.25) is 5.02 Å². The van der Waals surface area contributed by atoms with Gasteiger partial charge in [0.25, 0.3) is 5.91 Å². The molecule has 44 heavy (non-hydrogen) atoms. The Labute approximate surface area is 260 Å². The van der Waals surface area contributed by atoms with Crippen LogP contribution in [0.25, 0.3) is 10.9 Å². The fraction of sp³-hybridized carbons (Fsp3) is 0.424. The van der Waals surface area contributed by atoms with E-state index in [0.29, 0.717) is 44.2 Å². The second-order valence-electron chi connectivity index (χ2n) is 11.5. The highest BCUT2D eigenvalue weighted by atomic mass is 35.5. The number of amides is 1. The zero-order chi connectivity index (χ0) is 31.4. The predicted octanol–water partition coefficient (Wildman–Crippen LogP) is 5.95. The van der Waals surface area contributed by atoms with Gasteiger partial charge < -0.3 is 24.5 Å². The van der Waals surface area contributed by atoms with Crippen LogP contribution in [0, 0.1) is 11.7 Å². The molecular formula is C33H37ClFN3O6. The minimum Gasteiger partial charge on any atom is -0.481 e. The molecule has 1 amide bonds. The molecule has 3 aromatic rings. The number of likely N-dealkylation sites (tertiary alicyclic amines) is 1. The number of hydrogen-bond acceptors (Lipinski definition) is 6. The third-order valence-corrected chi connectivity index (χ3v) is 8.83. The van der Waals surface area contributed by atoms with Gasteiger partial charge in [-0.2, -0.15) is 0 Å². The molecule has 2 heterocycles. The quantitative estimate of drug-likeness (QED) is 0.189. The summed E-state index contributed by atoms with van der Waals surface area (Å²) in [5.41, 5.74) is 1.57. The van der Waals surface area contributed by atoms with E-state index in [4.69, 9.17) is 21.1 Å². The van der Waals surface area contributed by atoms with Crippen molar-refractivity contribution < 1.29 is 33.4 Å². The van der Waals surface area contributed by atoms with Gasteiger partial charge in [-0.05, 0) is 62.3 Å². The summed E-state index contributed by atoms with van der Waals surface area (Å²) < 4.78 is 29.4. The normalized spacial score (nSPS) is 21.3. The minimum absolute atomic E-state index is 0.115. The van der Waals surface area contributed by atoms with Gasteiger partial charge in [-0.1, -0.05) is 35.9 Å². The number of hydrogen-bond donors (Lipinski definition) is 2. The van der Waals surface area contributed by atoms with Gasteiger partial charge in [0.2, 0.25) is 6.41 Å². The highest BCUT2D eigenvalue weighted by Crippen LogP contribution is 2.32. The van der Waals surface area contributed by atoms with Crippen molar-refractivity contribution in [2.75, 3.05) is 18.5 Å². The molecular weight excluding hydrogens is 589 g/mol. The molecule has 1 aliphatic heterocycles. The smallest absolute Gasteiger partial charge is 0.306 e. The molecule has 1 saturated heterocycles. The topological polar surface area (TPSA) is 110 Å². The lowest BCUT2D eigenvalue weighted by molar-refractivity contribution is -0.247. The van der Waals surface area contributed by atoms with E-state index >= 15 is 4.39 Å². The molecule has 234 valence electrons. The number of ether oxygens (including phenoxy) is 2. The molecule has 2 atom stereocenters. The van der Waals surface area contributed by atoms with Crippen molar-refractivity contribution in [2.45, 2.75) is 63.5 Å². The van der Waals surface area contributed by atoms with E-state index in [1.807, 2.05) is 40.8 Å². The van der Waals surface area contributed by atoms with Crippen LogP contribution in [0.3, 0.4) is 0 Å². The van der Waals surface area contributed by atoms with E-state index < -0.39 is 30.1 Å². The van der Waals surface area contributed by atoms with Crippen LogP contribution in [-0.2, 0) is 32.5 Å². The molecule has 5 rings (SSSR count). The lowest BCUT2D eigenvalue weighted by Gasteiger charge is -2.36. The number of Topliss-reactive ketones (excluding diaryl/α,β-unsaturated/α-hetero) is 1. The molecule has 0 spiro atoms. The zero-order valence-corrected chi connectivity index (χ0v) is 25.4. The largest absolute Gasteiger partial charge is 0.481 e. The number of nitrogens with one attached hydrogen (secondary N) is 1. The number of aromatic nitrogens is 1. The Morgan fingerprint density at radius 2 is 1.93 bits per heavy atom. The minimum atomic E-state index is -0.809.